The molecule has 1 N–H and O–H groups in total. The Morgan fingerprint density at radius 2 is 1.91 bits per heavy atom. The normalized spacial score (nSPS) is 21.2. The van der Waals surface area contributed by atoms with E-state index in [-0.39, 0.29) is 18.6 Å². The van der Waals surface area contributed by atoms with Crippen molar-refractivity contribution in [1.29, 1.82) is 0 Å². The number of nitrogens with one attached hydrogen (secondary N) is 1. The Balaban J connectivity index is 1.92. The topological polar surface area (TPSA) is 55.4 Å². The van der Waals surface area contributed by atoms with E-state index in [4.69, 9.17) is 4.74 Å². The van der Waals surface area contributed by atoms with E-state index < -0.39 is 0 Å². The zero-order valence-electron chi connectivity index (χ0n) is 13.6. The second-order valence-electron chi connectivity index (χ2n) is 6.33. The van der Waals surface area contributed by atoms with Crippen LogP contribution in [0.4, 0.5) is 0 Å². The van der Waals surface area contributed by atoms with Gasteiger partial charge in [-0.1, -0.05) is 19.8 Å². The van der Waals surface area contributed by atoms with Gasteiger partial charge in [-0.25, -0.2) is 0 Å². The number of carbonyl (C=O) groups is 2. The Hall–Kier alpha value is -1.84. The van der Waals surface area contributed by atoms with Gasteiger partial charge >= 0.3 is 0 Å². The molecule has 4 nitrogen and oxygen atoms in total. The number of carbonyl (C=O) groups excluding carboxylic acids is 2. The molecule has 1 aromatic rings. The molecule has 0 aromatic heterocycles. The largest absolute Gasteiger partial charge is 0.483 e. The van der Waals surface area contributed by atoms with E-state index >= 15 is 0 Å². The van der Waals surface area contributed by atoms with Crippen LogP contribution in [0.5, 0.6) is 5.75 Å². The number of aryl methyl sites for hydroxylation is 2. The minimum atomic E-state index is -0.0722. The van der Waals surface area contributed by atoms with Crippen molar-refractivity contribution in [3.8, 4) is 5.75 Å². The molecule has 22 heavy (non-hydrogen) atoms. The number of aldehydes is 1. The highest BCUT2D eigenvalue weighted by Gasteiger charge is 2.23. The number of ether oxygens (including phenoxy) is 1. The average Bonchev–Trinajstić information content (AvgIpc) is 2.48. The standard InChI is InChI=1S/C18H25NO3/c1-12-6-4-5-7-16(12)19-17(21)11-22-18-13(2)8-15(10-20)9-14(18)3/h8-10,12,16H,4-7,11H2,1-3H3,(H,19,21)/t12-,16-/m0/s1. The Bertz CT molecular complexity index is 530. The molecule has 120 valence electrons. The van der Waals surface area contributed by atoms with Gasteiger partial charge in [-0.2, -0.15) is 0 Å². The maximum Gasteiger partial charge on any atom is 0.258 e. The quantitative estimate of drug-likeness (QED) is 0.850. The lowest BCUT2D eigenvalue weighted by molar-refractivity contribution is -0.124. The van der Waals surface area contributed by atoms with Gasteiger partial charge in [-0.3, -0.25) is 9.59 Å². The van der Waals surface area contributed by atoms with Crippen LogP contribution in [0.3, 0.4) is 0 Å². The highest BCUT2D eigenvalue weighted by atomic mass is 16.5. The van der Waals surface area contributed by atoms with Gasteiger partial charge in [0.15, 0.2) is 6.61 Å². The first-order valence-electron chi connectivity index (χ1n) is 8.00. The number of hydrogen-bond acceptors (Lipinski definition) is 3. The Labute approximate surface area is 132 Å². The van der Waals surface area contributed by atoms with Gasteiger partial charge in [0.1, 0.15) is 12.0 Å². The van der Waals surface area contributed by atoms with E-state index in [1.807, 2.05) is 13.8 Å². The van der Waals surface area contributed by atoms with Gasteiger partial charge in [0, 0.05) is 11.6 Å². The third-order valence-corrected chi connectivity index (χ3v) is 4.42. The van der Waals surface area contributed by atoms with Crippen LogP contribution in [-0.2, 0) is 4.79 Å². The van der Waals surface area contributed by atoms with Crippen LogP contribution >= 0.6 is 0 Å². The summed E-state index contributed by atoms with van der Waals surface area (Å²) >= 11 is 0. The van der Waals surface area contributed by atoms with Gasteiger partial charge in [-0.15, -0.1) is 0 Å². The van der Waals surface area contributed by atoms with E-state index in [2.05, 4.69) is 12.2 Å². The van der Waals surface area contributed by atoms with Gasteiger partial charge < -0.3 is 10.1 Å². The third kappa shape index (κ3) is 4.09. The SMILES string of the molecule is Cc1cc(C=O)cc(C)c1OCC(=O)N[C@H]1CCCC[C@@H]1C. The molecule has 0 radical (unpaired) electrons. The summed E-state index contributed by atoms with van der Waals surface area (Å²) in [6.45, 7) is 5.98. The molecule has 1 aliphatic carbocycles. The van der Waals surface area contributed by atoms with Crippen molar-refractivity contribution in [3.05, 3.63) is 28.8 Å². The lowest BCUT2D eigenvalue weighted by atomic mass is 9.86. The summed E-state index contributed by atoms with van der Waals surface area (Å²) in [6, 6.07) is 3.82. The third-order valence-electron chi connectivity index (χ3n) is 4.42. The molecule has 4 heteroatoms. The first-order valence-corrected chi connectivity index (χ1v) is 8.00. The van der Waals surface area contributed by atoms with E-state index in [9.17, 15) is 9.59 Å². The minimum Gasteiger partial charge on any atom is -0.483 e. The van der Waals surface area contributed by atoms with Crippen LogP contribution in [0.25, 0.3) is 0 Å². The van der Waals surface area contributed by atoms with Crippen LogP contribution in [0.1, 0.15) is 54.1 Å². The fourth-order valence-corrected chi connectivity index (χ4v) is 3.20. The summed E-state index contributed by atoms with van der Waals surface area (Å²) in [6.07, 6.45) is 5.49. The first-order chi connectivity index (χ1) is 10.5. The molecule has 0 saturated heterocycles. The maximum atomic E-state index is 12.1. The first kappa shape index (κ1) is 16.5. The molecule has 1 saturated carbocycles. The monoisotopic (exact) mass is 303 g/mol. The van der Waals surface area contributed by atoms with E-state index in [0.29, 0.717) is 17.2 Å². The molecular formula is C18H25NO3. The van der Waals surface area contributed by atoms with Crippen molar-refractivity contribution < 1.29 is 14.3 Å². The minimum absolute atomic E-state index is 0.0192. The lowest BCUT2D eigenvalue weighted by Gasteiger charge is -2.29. The summed E-state index contributed by atoms with van der Waals surface area (Å²) in [4.78, 5) is 22.9. The van der Waals surface area contributed by atoms with Crippen LogP contribution in [0, 0.1) is 19.8 Å². The van der Waals surface area contributed by atoms with Gasteiger partial charge in [-0.05, 0) is 55.9 Å². The molecule has 0 spiro atoms. The second-order valence-corrected chi connectivity index (χ2v) is 6.33. The maximum absolute atomic E-state index is 12.1. The highest BCUT2D eigenvalue weighted by Crippen LogP contribution is 2.25. The number of hydrogen-bond donors (Lipinski definition) is 1. The van der Waals surface area contributed by atoms with Crippen molar-refractivity contribution in [2.75, 3.05) is 6.61 Å². The van der Waals surface area contributed by atoms with E-state index in [0.717, 1.165) is 23.8 Å². The highest BCUT2D eigenvalue weighted by molar-refractivity contribution is 5.78. The zero-order valence-corrected chi connectivity index (χ0v) is 13.6. The van der Waals surface area contributed by atoms with Crippen LogP contribution in [0.15, 0.2) is 12.1 Å². The van der Waals surface area contributed by atoms with Crippen molar-refractivity contribution in [1.82, 2.24) is 5.32 Å². The Morgan fingerprint density at radius 3 is 2.50 bits per heavy atom. The summed E-state index contributed by atoms with van der Waals surface area (Å²) in [7, 11) is 0. The number of amides is 1. The molecule has 1 fully saturated rings. The predicted molar refractivity (Wildman–Crippen MR) is 86.4 cm³/mol. The fourth-order valence-electron chi connectivity index (χ4n) is 3.20. The molecular weight excluding hydrogens is 278 g/mol. The molecule has 2 atom stereocenters. The van der Waals surface area contributed by atoms with Gasteiger partial charge in [0.2, 0.25) is 0 Å². The number of benzene rings is 1. The summed E-state index contributed by atoms with van der Waals surface area (Å²) in [5.41, 5.74) is 2.38. The van der Waals surface area contributed by atoms with E-state index in [1.54, 1.807) is 12.1 Å². The fraction of sp³-hybridized carbons (Fsp3) is 0.556. The predicted octanol–water partition coefficient (Wildman–Crippen LogP) is 3.19. The summed E-state index contributed by atoms with van der Waals surface area (Å²) in [5.74, 6) is 1.16. The molecule has 0 heterocycles. The lowest BCUT2D eigenvalue weighted by Crippen LogP contribution is -2.43. The Morgan fingerprint density at radius 1 is 1.27 bits per heavy atom. The molecule has 2 rings (SSSR count). The summed E-state index contributed by atoms with van der Waals surface area (Å²) in [5, 5.41) is 3.08. The molecule has 1 aliphatic rings. The van der Waals surface area contributed by atoms with Gasteiger partial charge in [0.05, 0.1) is 0 Å². The van der Waals surface area contributed by atoms with Crippen LogP contribution in [0.2, 0.25) is 0 Å². The molecule has 1 aromatic carbocycles. The van der Waals surface area contributed by atoms with Crippen LogP contribution < -0.4 is 10.1 Å². The van der Waals surface area contributed by atoms with Crippen molar-refractivity contribution in [3.63, 3.8) is 0 Å². The average molecular weight is 303 g/mol. The van der Waals surface area contributed by atoms with Gasteiger partial charge in [0.25, 0.3) is 5.91 Å². The van der Waals surface area contributed by atoms with Crippen molar-refractivity contribution in [2.24, 2.45) is 5.92 Å². The molecule has 0 aliphatic heterocycles. The number of rotatable bonds is 5. The summed E-state index contributed by atoms with van der Waals surface area (Å²) < 4.78 is 5.68. The second kappa shape index (κ2) is 7.43. The van der Waals surface area contributed by atoms with Crippen molar-refractivity contribution >= 4 is 12.2 Å². The smallest absolute Gasteiger partial charge is 0.258 e. The molecule has 0 unspecified atom stereocenters. The van der Waals surface area contributed by atoms with E-state index in [1.165, 1.54) is 19.3 Å². The molecule has 0 bridgehead atoms. The van der Waals surface area contributed by atoms with Crippen molar-refractivity contribution in [2.45, 2.75) is 52.5 Å². The zero-order chi connectivity index (χ0) is 16.1. The Kier molecular flexibility index (Phi) is 5.58. The van der Waals surface area contributed by atoms with Crippen LogP contribution in [-0.4, -0.2) is 24.8 Å². The molecule has 1 amide bonds.